The zero-order chi connectivity index (χ0) is 13.0. The molecule has 116 valence electrons. The summed E-state index contributed by atoms with van der Waals surface area (Å²) >= 11 is 0. The van der Waals surface area contributed by atoms with Crippen LogP contribution in [-0.4, -0.2) is 6.10 Å². The summed E-state index contributed by atoms with van der Waals surface area (Å²) in [6, 6.07) is 8.37. The van der Waals surface area contributed by atoms with Gasteiger partial charge in [0.1, 0.15) is 5.75 Å². The maximum Gasteiger partial charge on any atom is 0.123 e. The van der Waals surface area contributed by atoms with E-state index in [0.717, 1.165) is 18.6 Å². The van der Waals surface area contributed by atoms with Crippen LogP contribution in [0.4, 0.5) is 0 Å². The van der Waals surface area contributed by atoms with Crippen LogP contribution in [0.15, 0.2) is 42.0 Å². The average molecular weight is 362 g/mol. The van der Waals surface area contributed by atoms with Gasteiger partial charge in [-0.1, -0.05) is 25.1 Å². The summed E-state index contributed by atoms with van der Waals surface area (Å²) in [5.74, 6) is 1.41. The van der Waals surface area contributed by atoms with Crippen molar-refractivity contribution >= 4 is 24.8 Å². The van der Waals surface area contributed by atoms with E-state index in [2.05, 4.69) is 57.2 Å². The van der Waals surface area contributed by atoms with Gasteiger partial charge in [-0.15, -0.1) is 31.2 Å². The van der Waals surface area contributed by atoms with E-state index in [4.69, 9.17) is 4.74 Å². The van der Waals surface area contributed by atoms with E-state index < -0.39 is 0 Å². The van der Waals surface area contributed by atoms with Crippen molar-refractivity contribution in [3.63, 3.8) is 0 Å². The number of benzene rings is 1. The van der Waals surface area contributed by atoms with Crippen molar-refractivity contribution < 1.29 is 26.5 Å². The van der Waals surface area contributed by atoms with E-state index >= 15 is 0 Å². The quantitative estimate of drug-likeness (QED) is 0.497. The largest absolute Gasteiger partial charge is 0.491 e. The Labute approximate surface area is 155 Å². The normalized spacial score (nSPS) is 13.6. The summed E-state index contributed by atoms with van der Waals surface area (Å²) in [6.45, 7) is 6.36. The molecule has 21 heavy (non-hydrogen) atoms. The molecule has 1 aromatic rings. The summed E-state index contributed by atoms with van der Waals surface area (Å²) in [5, 5.41) is 0. The van der Waals surface area contributed by atoms with Gasteiger partial charge in [-0.3, -0.25) is 6.08 Å². The second-order valence-electron chi connectivity index (χ2n) is 4.90. The summed E-state index contributed by atoms with van der Waals surface area (Å²) in [6.07, 6.45) is 10.0. The summed E-state index contributed by atoms with van der Waals surface area (Å²) in [4.78, 5) is 0. The maximum atomic E-state index is 5.92. The molecule has 0 N–H and O–H groups in total. The van der Waals surface area contributed by atoms with Crippen LogP contribution in [0, 0.1) is 6.08 Å². The standard InChI is InChI=1S/C17H21O.2ClH.Ti/c1-4-15(14-9-5-6-10-14)16-11-7-8-12-17(16)18-13(2)3;;;/h5,7-9,11-13,15H,4,6H2,1-3H3;2*1H;/q-1;;;. The number of hydrogen-bond donors (Lipinski definition) is 0. The zero-order valence-electron chi connectivity index (χ0n) is 12.8. The van der Waals surface area contributed by atoms with Crippen molar-refractivity contribution in [2.24, 2.45) is 0 Å². The van der Waals surface area contributed by atoms with E-state index in [1.807, 2.05) is 6.07 Å². The Bertz CT molecular complexity index is 470. The molecular formula is C17H23Cl2OTi-. The monoisotopic (exact) mass is 361 g/mol. The Balaban J connectivity index is 0. The molecule has 1 aliphatic carbocycles. The molecule has 0 heterocycles. The molecule has 1 aliphatic rings. The van der Waals surface area contributed by atoms with Crippen molar-refractivity contribution in [3.8, 4) is 5.75 Å². The minimum absolute atomic E-state index is 0. The molecule has 0 radical (unpaired) electrons. The van der Waals surface area contributed by atoms with Crippen LogP contribution in [0.3, 0.4) is 0 Å². The minimum atomic E-state index is 0. The maximum absolute atomic E-state index is 5.92. The van der Waals surface area contributed by atoms with Gasteiger partial charge in [0.2, 0.25) is 0 Å². The molecule has 1 atom stereocenters. The fourth-order valence-corrected chi connectivity index (χ4v) is 2.40. The molecule has 0 aromatic heterocycles. The van der Waals surface area contributed by atoms with Gasteiger partial charge >= 0.3 is 0 Å². The third-order valence-electron chi connectivity index (χ3n) is 3.16. The number of hydrogen-bond acceptors (Lipinski definition) is 1. The number of rotatable bonds is 5. The second-order valence-corrected chi connectivity index (χ2v) is 4.90. The Morgan fingerprint density at radius 3 is 2.38 bits per heavy atom. The van der Waals surface area contributed by atoms with Crippen LogP contribution < -0.4 is 4.74 Å². The molecule has 2 rings (SSSR count). The van der Waals surface area contributed by atoms with Crippen molar-refractivity contribution in [3.05, 3.63) is 53.6 Å². The summed E-state index contributed by atoms with van der Waals surface area (Å²) in [5.41, 5.74) is 2.58. The Hall–Kier alpha value is -0.206. The van der Waals surface area contributed by atoms with Gasteiger partial charge in [-0.25, -0.2) is 11.6 Å². The predicted octanol–water partition coefficient (Wildman–Crippen LogP) is 5.50. The van der Waals surface area contributed by atoms with Gasteiger partial charge in [-0.2, -0.15) is 6.08 Å². The SMILES string of the molecule is CCC(C1=[C-]CC=C1)c1ccccc1OC(C)C.Cl.Cl.[Ti]. The Morgan fingerprint density at radius 2 is 1.86 bits per heavy atom. The summed E-state index contributed by atoms with van der Waals surface area (Å²) < 4.78 is 5.92. The molecule has 0 bridgehead atoms. The fraction of sp³-hybridized carbons (Fsp3) is 0.412. The molecule has 1 aromatic carbocycles. The predicted molar refractivity (Wildman–Crippen MR) is 90.2 cm³/mol. The fourth-order valence-electron chi connectivity index (χ4n) is 2.40. The van der Waals surface area contributed by atoms with Gasteiger partial charge in [0, 0.05) is 21.7 Å². The van der Waals surface area contributed by atoms with E-state index in [9.17, 15) is 0 Å². The molecular weight excluding hydrogens is 339 g/mol. The van der Waals surface area contributed by atoms with Crippen molar-refractivity contribution in [1.29, 1.82) is 0 Å². The van der Waals surface area contributed by atoms with E-state index in [0.29, 0.717) is 5.92 Å². The first-order chi connectivity index (χ1) is 8.72. The molecule has 0 amide bonds. The third kappa shape index (κ3) is 6.20. The topological polar surface area (TPSA) is 9.23 Å². The van der Waals surface area contributed by atoms with Crippen molar-refractivity contribution in [2.75, 3.05) is 0 Å². The molecule has 1 nitrogen and oxygen atoms in total. The molecule has 1 unspecified atom stereocenters. The molecule has 0 fully saturated rings. The molecule has 0 aliphatic heterocycles. The van der Waals surface area contributed by atoms with E-state index in [1.165, 1.54) is 11.1 Å². The number of halogens is 2. The molecule has 0 saturated heterocycles. The van der Waals surface area contributed by atoms with Crippen LogP contribution in [0.25, 0.3) is 0 Å². The van der Waals surface area contributed by atoms with Gasteiger partial charge in [-0.05, 0) is 37.8 Å². The van der Waals surface area contributed by atoms with Crippen LogP contribution in [0.1, 0.15) is 45.1 Å². The first-order valence-corrected chi connectivity index (χ1v) is 6.75. The van der Waals surface area contributed by atoms with Crippen LogP contribution in [-0.2, 0) is 21.7 Å². The van der Waals surface area contributed by atoms with E-state index in [-0.39, 0.29) is 52.6 Å². The van der Waals surface area contributed by atoms with E-state index in [1.54, 1.807) is 0 Å². The number of ether oxygens (including phenoxy) is 1. The van der Waals surface area contributed by atoms with Crippen molar-refractivity contribution in [1.82, 2.24) is 0 Å². The first-order valence-electron chi connectivity index (χ1n) is 6.75. The molecule has 0 spiro atoms. The van der Waals surface area contributed by atoms with Gasteiger partial charge < -0.3 is 4.74 Å². The second kappa shape index (κ2) is 11.4. The van der Waals surface area contributed by atoms with Crippen molar-refractivity contribution in [2.45, 2.75) is 45.6 Å². The van der Waals surface area contributed by atoms with Crippen LogP contribution >= 0.6 is 24.8 Å². The smallest absolute Gasteiger partial charge is 0.123 e. The summed E-state index contributed by atoms with van der Waals surface area (Å²) in [7, 11) is 0. The third-order valence-corrected chi connectivity index (χ3v) is 3.16. The molecule has 4 heteroatoms. The minimum Gasteiger partial charge on any atom is -0.491 e. The Morgan fingerprint density at radius 1 is 1.19 bits per heavy atom. The van der Waals surface area contributed by atoms with Gasteiger partial charge in [0.05, 0.1) is 6.10 Å². The van der Waals surface area contributed by atoms with Crippen LogP contribution in [0.2, 0.25) is 0 Å². The molecule has 0 saturated carbocycles. The zero-order valence-corrected chi connectivity index (χ0v) is 16.0. The number of allylic oxidation sites excluding steroid dienone is 4. The average Bonchev–Trinajstić information content (AvgIpc) is 2.85. The Kier molecular flexibility index (Phi) is 12.5. The van der Waals surface area contributed by atoms with Gasteiger partial charge in [0.15, 0.2) is 0 Å². The van der Waals surface area contributed by atoms with Crippen LogP contribution in [0.5, 0.6) is 5.75 Å². The van der Waals surface area contributed by atoms with Gasteiger partial charge in [0.25, 0.3) is 0 Å². The number of para-hydroxylation sites is 1. The first kappa shape index (κ1) is 23.1.